The van der Waals surface area contributed by atoms with Crippen molar-refractivity contribution in [2.75, 3.05) is 6.54 Å². The van der Waals surface area contributed by atoms with Crippen LogP contribution in [0.25, 0.3) is 0 Å². The minimum atomic E-state index is 0.511. The molecular weight excluding hydrogens is 194 g/mol. The normalized spacial score (nSPS) is 41.6. The fourth-order valence-corrected chi connectivity index (χ4v) is 3.92. The van der Waals surface area contributed by atoms with Gasteiger partial charge < -0.3 is 5.32 Å². The van der Waals surface area contributed by atoms with Gasteiger partial charge in [-0.15, -0.1) is 0 Å². The SMILES string of the molecule is CCC1(C2CCC(C)CC2)CCCCCN1. The predicted octanol–water partition coefficient (Wildman–Crippen LogP) is 4.13. The van der Waals surface area contributed by atoms with Crippen LogP contribution in [-0.2, 0) is 0 Å². The summed E-state index contributed by atoms with van der Waals surface area (Å²) >= 11 is 0. The summed E-state index contributed by atoms with van der Waals surface area (Å²) in [5.74, 6) is 1.95. The van der Waals surface area contributed by atoms with Crippen molar-refractivity contribution in [3.8, 4) is 0 Å². The molecule has 1 saturated heterocycles. The molecule has 0 amide bonds. The molecule has 0 radical (unpaired) electrons. The fourth-order valence-electron chi connectivity index (χ4n) is 3.92. The molecular formula is C15H29N. The highest BCUT2D eigenvalue weighted by molar-refractivity contribution is 4.96. The Morgan fingerprint density at radius 1 is 1.06 bits per heavy atom. The van der Waals surface area contributed by atoms with Crippen LogP contribution in [-0.4, -0.2) is 12.1 Å². The highest BCUT2D eigenvalue weighted by atomic mass is 15.0. The fraction of sp³-hybridized carbons (Fsp3) is 1.00. The van der Waals surface area contributed by atoms with E-state index in [2.05, 4.69) is 19.2 Å². The van der Waals surface area contributed by atoms with Gasteiger partial charge in [0.1, 0.15) is 0 Å². The van der Waals surface area contributed by atoms with Crippen LogP contribution < -0.4 is 5.32 Å². The first kappa shape index (κ1) is 12.4. The zero-order valence-electron chi connectivity index (χ0n) is 11.2. The average molecular weight is 223 g/mol. The molecule has 94 valence electrons. The van der Waals surface area contributed by atoms with E-state index in [9.17, 15) is 0 Å². The second-order valence-corrected chi connectivity index (χ2v) is 6.20. The summed E-state index contributed by atoms with van der Waals surface area (Å²) in [4.78, 5) is 0. The summed E-state index contributed by atoms with van der Waals surface area (Å²) in [5.41, 5.74) is 0.511. The summed E-state index contributed by atoms with van der Waals surface area (Å²) in [6.07, 6.45) is 12.9. The van der Waals surface area contributed by atoms with Gasteiger partial charge in [-0.25, -0.2) is 0 Å². The first-order valence-corrected chi connectivity index (χ1v) is 7.52. The van der Waals surface area contributed by atoms with Crippen molar-refractivity contribution in [1.82, 2.24) is 5.32 Å². The lowest BCUT2D eigenvalue weighted by atomic mass is 9.69. The number of rotatable bonds is 2. The van der Waals surface area contributed by atoms with Crippen molar-refractivity contribution in [1.29, 1.82) is 0 Å². The van der Waals surface area contributed by atoms with Crippen molar-refractivity contribution >= 4 is 0 Å². The van der Waals surface area contributed by atoms with Gasteiger partial charge in [-0.05, 0) is 50.5 Å². The zero-order chi connectivity index (χ0) is 11.4. The van der Waals surface area contributed by atoms with E-state index in [4.69, 9.17) is 0 Å². The van der Waals surface area contributed by atoms with Crippen molar-refractivity contribution in [3.63, 3.8) is 0 Å². The maximum Gasteiger partial charge on any atom is 0.0207 e. The summed E-state index contributed by atoms with van der Waals surface area (Å²) < 4.78 is 0. The lowest BCUT2D eigenvalue weighted by Crippen LogP contribution is -2.51. The molecule has 1 N–H and O–H groups in total. The molecule has 16 heavy (non-hydrogen) atoms. The number of nitrogens with one attached hydrogen (secondary N) is 1. The highest BCUT2D eigenvalue weighted by Crippen LogP contribution is 2.40. The van der Waals surface area contributed by atoms with E-state index < -0.39 is 0 Å². The van der Waals surface area contributed by atoms with Crippen LogP contribution in [0.4, 0.5) is 0 Å². The molecule has 2 rings (SSSR count). The summed E-state index contributed by atoms with van der Waals surface area (Å²) in [5, 5.41) is 3.93. The Balaban J connectivity index is 2.01. The van der Waals surface area contributed by atoms with E-state index >= 15 is 0 Å². The molecule has 1 saturated carbocycles. The minimum Gasteiger partial charge on any atom is -0.311 e. The topological polar surface area (TPSA) is 12.0 Å². The molecule has 1 aliphatic carbocycles. The molecule has 1 unspecified atom stereocenters. The monoisotopic (exact) mass is 223 g/mol. The van der Waals surface area contributed by atoms with Crippen LogP contribution >= 0.6 is 0 Å². The van der Waals surface area contributed by atoms with Gasteiger partial charge in [0.15, 0.2) is 0 Å². The van der Waals surface area contributed by atoms with Crippen molar-refractivity contribution < 1.29 is 0 Å². The smallest absolute Gasteiger partial charge is 0.0207 e. The van der Waals surface area contributed by atoms with E-state index in [1.54, 1.807) is 0 Å². The van der Waals surface area contributed by atoms with Gasteiger partial charge in [-0.1, -0.05) is 39.5 Å². The molecule has 0 aromatic rings. The van der Waals surface area contributed by atoms with Gasteiger partial charge in [-0.3, -0.25) is 0 Å². The third kappa shape index (κ3) is 2.61. The Bertz CT molecular complexity index is 195. The van der Waals surface area contributed by atoms with Crippen LogP contribution in [0, 0.1) is 11.8 Å². The first-order valence-electron chi connectivity index (χ1n) is 7.52. The third-order valence-corrected chi connectivity index (χ3v) is 5.20. The van der Waals surface area contributed by atoms with Gasteiger partial charge in [0, 0.05) is 5.54 Å². The first-order chi connectivity index (χ1) is 7.77. The lowest BCUT2D eigenvalue weighted by molar-refractivity contribution is 0.131. The van der Waals surface area contributed by atoms with E-state index in [0.29, 0.717) is 5.54 Å². The van der Waals surface area contributed by atoms with Gasteiger partial charge in [-0.2, -0.15) is 0 Å². The van der Waals surface area contributed by atoms with Crippen molar-refractivity contribution in [3.05, 3.63) is 0 Å². The van der Waals surface area contributed by atoms with Crippen LogP contribution in [0.1, 0.15) is 71.6 Å². The van der Waals surface area contributed by atoms with Crippen LogP contribution in [0.3, 0.4) is 0 Å². The molecule has 2 fully saturated rings. The van der Waals surface area contributed by atoms with Gasteiger partial charge in [0.05, 0.1) is 0 Å². The highest BCUT2D eigenvalue weighted by Gasteiger charge is 2.38. The van der Waals surface area contributed by atoms with E-state index in [-0.39, 0.29) is 0 Å². The van der Waals surface area contributed by atoms with Crippen LogP contribution in [0.15, 0.2) is 0 Å². The standard InChI is InChI=1S/C15H29N/c1-3-15(11-5-4-6-12-16-15)14-9-7-13(2)8-10-14/h13-14,16H,3-12H2,1-2H3. The third-order valence-electron chi connectivity index (χ3n) is 5.20. The quantitative estimate of drug-likeness (QED) is 0.742. The van der Waals surface area contributed by atoms with Gasteiger partial charge in [0.25, 0.3) is 0 Å². The summed E-state index contributed by atoms with van der Waals surface area (Å²) in [6, 6.07) is 0. The summed E-state index contributed by atoms with van der Waals surface area (Å²) in [7, 11) is 0. The number of hydrogen-bond acceptors (Lipinski definition) is 1. The number of hydrogen-bond donors (Lipinski definition) is 1. The summed E-state index contributed by atoms with van der Waals surface area (Å²) in [6.45, 7) is 6.09. The minimum absolute atomic E-state index is 0.511. The molecule has 1 nitrogen and oxygen atoms in total. The maximum absolute atomic E-state index is 3.93. The molecule has 0 aromatic heterocycles. The zero-order valence-corrected chi connectivity index (χ0v) is 11.2. The lowest BCUT2D eigenvalue weighted by Gasteiger charge is -2.44. The predicted molar refractivity (Wildman–Crippen MR) is 70.6 cm³/mol. The molecule has 1 atom stereocenters. The maximum atomic E-state index is 3.93. The molecule has 2 aliphatic rings. The average Bonchev–Trinajstić information content (AvgIpc) is 2.56. The Hall–Kier alpha value is -0.0400. The molecule has 1 aliphatic heterocycles. The van der Waals surface area contributed by atoms with E-state index in [0.717, 1.165) is 11.8 Å². The second kappa shape index (κ2) is 5.53. The molecule has 0 aromatic carbocycles. The largest absolute Gasteiger partial charge is 0.311 e. The van der Waals surface area contributed by atoms with Crippen LogP contribution in [0.5, 0.6) is 0 Å². The van der Waals surface area contributed by atoms with Gasteiger partial charge in [0.2, 0.25) is 0 Å². The van der Waals surface area contributed by atoms with Gasteiger partial charge >= 0.3 is 0 Å². The Labute approximate surface area is 101 Å². The Morgan fingerprint density at radius 3 is 2.50 bits per heavy atom. The molecule has 1 heteroatoms. The Morgan fingerprint density at radius 2 is 1.81 bits per heavy atom. The van der Waals surface area contributed by atoms with Crippen LogP contribution in [0.2, 0.25) is 0 Å². The Kier molecular flexibility index (Phi) is 4.29. The van der Waals surface area contributed by atoms with Crippen molar-refractivity contribution in [2.24, 2.45) is 11.8 Å². The van der Waals surface area contributed by atoms with E-state index in [1.807, 2.05) is 0 Å². The van der Waals surface area contributed by atoms with Crippen molar-refractivity contribution in [2.45, 2.75) is 77.2 Å². The second-order valence-electron chi connectivity index (χ2n) is 6.20. The molecule has 0 bridgehead atoms. The van der Waals surface area contributed by atoms with E-state index in [1.165, 1.54) is 64.3 Å². The molecule has 0 spiro atoms. The molecule has 1 heterocycles.